The van der Waals surface area contributed by atoms with E-state index in [9.17, 15) is 9.59 Å². The van der Waals surface area contributed by atoms with E-state index in [0.717, 1.165) is 12.0 Å². The Kier molecular flexibility index (Phi) is 6.60. The van der Waals surface area contributed by atoms with E-state index in [2.05, 4.69) is 10.6 Å². The quantitative estimate of drug-likeness (QED) is 0.657. The van der Waals surface area contributed by atoms with Crippen molar-refractivity contribution in [2.24, 2.45) is 5.73 Å². The van der Waals surface area contributed by atoms with Crippen molar-refractivity contribution in [3.05, 3.63) is 35.9 Å². The smallest absolute Gasteiger partial charge is 0.236 e. The molecular weight excluding hydrogens is 242 g/mol. The summed E-state index contributed by atoms with van der Waals surface area (Å²) in [6.07, 6.45) is 1.63. The van der Waals surface area contributed by atoms with Gasteiger partial charge in [0.15, 0.2) is 0 Å². The Morgan fingerprint density at radius 3 is 2.58 bits per heavy atom. The largest absolute Gasteiger partial charge is 0.359 e. The zero-order chi connectivity index (χ0) is 14.1. The van der Waals surface area contributed by atoms with E-state index in [1.165, 1.54) is 0 Å². The van der Waals surface area contributed by atoms with Gasteiger partial charge in [0.05, 0.1) is 6.04 Å². The molecule has 0 spiro atoms. The monoisotopic (exact) mass is 263 g/mol. The number of amides is 2. The number of hydrogen-bond acceptors (Lipinski definition) is 3. The van der Waals surface area contributed by atoms with Gasteiger partial charge in [-0.15, -0.1) is 0 Å². The number of rotatable bonds is 7. The second-order valence-corrected chi connectivity index (χ2v) is 4.34. The molecule has 1 aromatic rings. The Bertz CT molecular complexity index is 406. The average molecular weight is 263 g/mol. The molecule has 104 valence electrons. The summed E-state index contributed by atoms with van der Waals surface area (Å²) in [7, 11) is 1.57. The lowest BCUT2D eigenvalue weighted by Gasteiger charge is -2.12. The molecule has 1 rings (SSSR count). The van der Waals surface area contributed by atoms with Crippen LogP contribution >= 0.6 is 0 Å². The van der Waals surface area contributed by atoms with Gasteiger partial charge in [-0.1, -0.05) is 30.3 Å². The summed E-state index contributed by atoms with van der Waals surface area (Å²) >= 11 is 0. The molecule has 0 saturated heterocycles. The molecular formula is C14H21N3O2. The van der Waals surface area contributed by atoms with Crippen molar-refractivity contribution >= 4 is 11.8 Å². The van der Waals surface area contributed by atoms with Crippen LogP contribution in [0.3, 0.4) is 0 Å². The second kappa shape index (κ2) is 8.26. The SMILES string of the molecule is CNC(=O)CCNC(=O)C(N)CCc1ccccc1. The Balaban J connectivity index is 2.23. The Morgan fingerprint density at radius 2 is 1.95 bits per heavy atom. The lowest BCUT2D eigenvalue weighted by atomic mass is 10.1. The van der Waals surface area contributed by atoms with Crippen molar-refractivity contribution in [3.8, 4) is 0 Å². The summed E-state index contributed by atoms with van der Waals surface area (Å²) in [5.74, 6) is -0.307. The summed E-state index contributed by atoms with van der Waals surface area (Å²) in [6, 6.07) is 9.36. The molecule has 1 aromatic carbocycles. The fourth-order valence-electron chi connectivity index (χ4n) is 1.65. The molecule has 4 N–H and O–H groups in total. The zero-order valence-electron chi connectivity index (χ0n) is 11.2. The van der Waals surface area contributed by atoms with Crippen LogP contribution < -0.4 is 16.4 Å². The van der Waals surface area contributed by atoms with Crippen LogP contribution in [0.15, 0.2) is 30.3 Å². The summed E-state index contributed by atoms with van der Waals surface area (Å²) in [6.45, 7) is 0.317. The predicted molar refractivity (Wildman–Crippen MR) is 74.4 cm³/mol. The molecule has 0 aliphatic rings. The first-order valence-corrected chi connectivity index (χ1v) is 6.41. The molecule has 0 aliphatic heterocycles. The van der Waals surface area contributed by atoms with Gasteiger partial charge in [0.25, 0.3) is 0 Å². The number of carbonyl (C=O) groups is 2. The first-order chi connectivity index (χ1) is 9.13. The van der Waals surface area contributed by atoms with Crippen molar-refractivity contribution in [2.45, 2.75) is 25.3 Å². The number of nitrogens with two attached hydrogens (primary N) is 1. The van der Waals surface area contributed by atoms with Gasteiger partial charge in [0.2, 0.25) is 11.8 Å². The van der Waals surface area contributed by atoms with Crippen LogP contribution in [0.1, 0.15) is 18.4 Å². The van der Waals surface area contributed by atoms with Crippen molar-refractivity contribution in [2.75, 3.05) is 13.6 Å². The lowest BCUT2D eigenvalue weighted by molar-refractivity contribution is -0.123. The van der Waals surface area contributed by atoms with Gasteiger partial charge < -0.3 is 16.4 Å². The van der Waals surface area contributed by atoms with Gasteiger partial charge in [-0.2, -0.15) is 0 Å². The Morgan fingerprint density at radius 1 is 1.26 bits per heavy atom. The maximum Gasteiger partial charge on any atom is 0.236 e. The summed E-state index contributed by atoms with van der Waals surface area (Å²) in [5.41, 5.74) is 6.96. The standard InChI is InChI=1S/C14H21N3O2/c1-16-13(18)9-10-17-14(19)12(15)8-7-11-5-3-2-4-6-11/h2-6,12H,7-10,15H2,1H3,(H,16,18)(H,17,19). The van der Waals surface area contributed by atoms with E-state index in [1.54, 1.807) is 7.05 Å². The highest BCUT2D eigenvalue weighted by Crippen LogP contribution is 2.03. The number of benzene rings is 1. The van der Waals surface area contributed by atoms with Gasteiger partial charge in [0, 0.05) is 20.0 Å². The predicted octanol–water partition coefficient (Wildman–Crippen LogP) is 0.199. The molecule has 0 bridgehead atoms. The van der Waals surface area contributed by atoms with Crippen molar-refractivity contribution in [1.82, 2.24) is 10.6 Å². The number of carbonyl (C=O) groups excluding carboxylic acids is 2. The lowest BCUT2D eigenvalue weighted by Crippen LogP contribution is -2.42. The minimum atomic E-state index is -0.537. The van der Waals surface area contributed by atoms with Crippen LogP contribution in [-0.2, 0) is 16.0 Å². The van der Waals surface area contributed by atoms with Crippen LogP contribution in [0.25, 0.3) is 0 Å². The number of aryl methyl sites for hydroxylation is 1. The molecule has 0 aliphatic carbocycles. The number of hydrogen-bond donors (Lipinski definition) is 3. The van der Waals surface area contributed by atoms with Crippen molar-refractivity contribution < 1.29 is 9.59 Å². The summed E-state index contributed by atoms with van der Waals surface area (Å²) < 4.78 is 0. The highest BCUT2D eigenvalue weighted by Gasteiger charge is 2.13. The number of nitrogens with one attached hydrogen (secondary N) is 2. The molecule has 1 atom stereocenters. The van der Waals surface area contributed by atoms with Crippen LogP contribution in [0.4, 0.5) is 0 Å². The fraction of sp³-hybridized carbons (Fsp3) is 0.429. The van der Waals surface area contributed by atoms with E-state index in [-0.39, 0.29) is 18.2 Å². The maximum absolute atomic E-state index is 11.7. The molecule has 0 radical (unpaired) electrons. The second-order valence-electron chi connectivity index (χ2n) is 4.34. The van der Waals surface area contributed by atoms with Crippen LogP contribution in [0.2, 0.25) is 0 Å². The minimum absolute atomic E-state index is 0.0989. The zero-order valence-corrected chi connectivity index (χ0v) is 11.2. The van der Waals surface area contributed by atoms with E-state index in [0.29, 0.717) is 13.0 Å². The van der Waals surface area contributed by atoms with Crippen molar-refractivity contribution in [3.63, 3.8) is 0 Å². The topological polar surface area (TPSA) is 84.2 Å². The van der Waals surface area contributed by atoms with Crippen LogP contribution in [0.5, 0.6) is 0 Å². The summed E-state index contributed by atoms with van der Waals surface area (Å²) in [5, 5.41) is 5.15. The molecule has 0 saturated carbocycles. The first-order valence-electron chi connectivity index (χ1n) is 6.41. The minimum Gasteiger partial charge on any atom is -0.359 e. The third kappa shape index (κ3) is 6.01. The van der Waals surface area contributed by atoms with Crippen LogP contribution in [0, 0.1) is 0 Å². The van der Waals surface area contributed by atoms with E-state index in [1.807, 2.05) is 30.3 Å². The normalized spacial score (nSPS) is 11.7. The van der Waals surface area contributed by atoms with Gasteiger partial charge in [-0.25, -0.2) is 0 Å². The molecule has 0 heterocycles. The molecule has 19 heavy (non-hydrogen) atoms. The molecule has 0 fully saturated rings. The van der Waals surface area contributed by atoms with Gasteiger partial charge in [0.1, 0.15) is 0 Å². The van der Waals surface area contributed by atoms with E-state index < -0.39 is 6.04 Å². The van der Waals surface area contributed by atoms with Gasteiger partial charge in [-0.05, 0) is 18.4 Å². The Hall–Kier alpha value is -1.88. The van der Waals surface area contributed by atoms with Crippen molar-refractivity contribution in [1.29, 1.82) is 0 Å². The molecule has 1 unspecified atom stereocenters. The highest BCUT2D eigenvalue weighted by molar-refractivity contribution is 5.82. The van der Waals surface area contributed by atoms with E-state index >= 15 is 0 Å². The first kappa shape index (κ1) is 15.2. The molecule has 5 heteroatoms. The Labute approximate surface area is 113 Å². The molecule has 2 amide bonds. The molecule has 0 aromatic heterocycles. The van der Waals surface area contributed by atoms with E-state index in [4.69, 9.17) is 5.73 Å². The highest BCUT2D eigenvalue weighted by atomic mass is 16.2. The third-order valence-electron chi connectivity index (χ3n) is 2.85. The molecule has 5 nitrogen and oxygen atoms in total. The average Bonchev–Trinajstić information content (AvgIpc) is 2.45. The van der Waals surface area contributed by atoms with Gasteiger partial charge in [-0.3, -0.25) is 9.59 Å². The summed E-state index contributed by atoms with van der Waals surface area (Å²) in [4.78, 5) is 22.6. The van der Waals surface area contributed by atoms with Gasteiger partial charge >= 0.3 is 0 Å². The maximum atomic E-state index is 11.7. The fourth-order valence-corrected chi connectivity index (χ4v) is 1.65. The third-order valence-corrected chi connectivity index (χ3v) is 2.85. The van der Waals surface area contributed by atoms with Crippen LogP contribution in [-0.4, -0.2) is 31.4 Å².